The number of amides is 2. The van der Waals surface area contributed by atoms with E-state index >= 15 is 0 Å². The van der Waals surface area contributed by atoms with Crippen LogP contribution in [0, 0.1) is 11.8 Å². The van der Waals surface area contributed by atoms with Gasteiger partial charge in [-0.1, -0.05) is 34.6 Å². The number of likely N-dealkylation sites (tertiary alicyclic amines) is 1. The second-order valence-electron chi connectivity index (χ2n) is 13.7. The Hall–Kier alpha value is -2.88. The Kier molecular flexibility index (Phi) is 9.75. The molecule has 2 aliphatic rings. The quantitative estimate of drug-likeness (QED) is 0.466. The number of pyridine rings is 1. The van der Waals surface area contributed by atoms with E-state index in [4.69, 9.17) is 9.47 Å². The summed E-state index contributed by atoms with van der Waals surface area (Å²) in [5.41, 5.74) is 1.09. The molecule has 1 aliphatic carbocycles. The summed E-state index contributed by atoms with van der Waals surface area (Å²) in [7, 11) is 1.70. The number of carboxylic acid groups (broad SMARTS) is 1. The van der Waals surface area contributed by atoms with Gasteiger partial charge in [0.2, 0.25) is 0 Å². The molecule has 1 saturated carbocycles. The molecule has 1 saturated heterocycles. The largest absolute Gasteiger partial charge is 0.481 e. The molecular weight excluding hydrogens is 512 g/mol. The number of carbonyl (C=O) groups excluding carboxylic acids is 2. The number of aromatic nitrogens is 1. The van der Waals surface area contributed by atoms with Crippen molar-refractivity contribution in [3.8, 4) is 0 Å². The Morgan fingerprint density at radius 2 is 1.77 bits per heavy atom. The van der Waals surface area contributed by atoms with Gasteiger partial charge in [-0.05, 0) is 63.0 Å². The lowest BCUT2D eigenvalue weighted by molar-refractivity contribution is -0.144. The Morgan fingerprint density at radius 3 is 2.30 bits per heavy atom. The van der Waals surface area contributed by atoms with E-state index in [9.17, 15) is 19.5 Å². The molecule has 10 heteroatoms. The number of nitrogens with zero attached hydrogens (tertiary/aromatic N) is 3. The lowest BCUT2D eigenvalue weighted by atomic mass is 9.86. The van der Waals surface area contributed by atoms with E-state index in [1.165, 1.54) is 4.90 Å². The molecule has 1 aliphatic heterocycles. The second-order valence-corrected chi connectivity index (χ2v) is 13.7. The van der Waals surface area contributed by atoms with Gasteiger partial charge in [0.15, 0.2) is 5.69 Å². The van der Waals surface area contributed by atoms with Gasteiger partial charge in [0, 0.05) is 39.0 Å². The zero-order valence-corrected chi connectivity index (χ0v) is 25.6. The van der Waals surface area contributed by atoms with Crippen LogP contribution >= 0.6 is 0 Å². The zero-order valence-electron chi connectivity index (χ0n) is 25.6. The third-order valence-corrected chi connectivity index (χ3v) is 7.44. The minimum Gasteiger partial charge on any atom is -0.481 e. The number of carbonyl (C=O) groups is 3. The number of hydrogen-bond donors (Lipinski definition) is 2. The number of piperidine rings is 1. The van der Waals surface area contributed by atoms with Gasteiger partial charge in [0.25, 0.3) is 5.91 Å². The fourth-order valence-electron chi connectivity index (χ4n) is 5.13. The van der Waals surface area contributed by atoms with Crippen LogP contribution < -0.4 is 5.32 Å². The lowest BCUT2D eigenvalue weighted by Gasteiger charge is -2.42. The maximum atomic E-state index is 14.3. The maximum absolute atomic E-state index is 14.3. The first kappa shape index (κ1) is 31.6. The van der Waals surface area contributed by atoms with Gasteiger partial charge in [-0.25, -0.2) is 9.78 Å². The molecule has 2 N–H and O–H groups in total. The van der Waals surface area contributed by atoms with Gasteiger partial charge in [0.1, 0.15) is 5.60 Å². The molecule has 40 heavy (non-hydrogen) atoms. The van der Waals surface area contributed by atoms with Crippen molar-refractivity contribution in [1.82, 2.24) is 14.8 Å². The van der Waals surface area contributed by atoms with Crippen LogP contribution in [0.5, 0.6) is 0 Å². The number of ether oxygens (including phenoxy) is 2. The van der Waals surface area contributed by atoms with Crippen molar-refractivity contribution in [2.45, 2.75) is 104 Å². The van der Waals surface area contributed by atoms with Gasteiger partial charge in [-0.15, -0.1) is 0 Å². The van der Waals surface area contributed by atoms with Gasteiger partial charge < -0.3 is 29.7 Å². The summed E-state index contributed by atoms with van der Waals surface area (Å²) in [5.74, 6) is -1.98. The van der Waals surface area contributed by atoms with E-state index in [1.54, 1.807) is 39.0 Å². The predicted octanol–water partition coefficient (Wildman–Crippen LogP) is 4.78. The number of aliphatic carboxylic acids is 1. The van der Waals surface area contributed by atoms with Gasteiger partial charge in [0.05, 0.1) is 23.8 Å². The fraction of sp³-hybridized carbons (Fsp3) is 0.733. The first-order valence-electron chi connectivity index (χ1n) is 14.3. The average molecular weight is 561 g/mol. The van der Waals surface area contributed by atoms with Crippen LogP contribution in [-0.4, -0.2) is 88.4 Å². The summed E-state index contributed by atoms with van der Waals surface area (Å²) in [6, 6.07) is 1.67. The Labute approximate surface area is 238 Å². The molecule has 0 aromatic carbocycles. The minimum absolute atomic E-state index is 0.0398. The topological polar surface area (TPSA) is 121 Å². The van der Waals surface area contributed by atoms with Crippen molar-refractivity contribution < 1.29 is 29.0 Å². The molecule has 2 unspecified atom stereocenters. The van der Waals surface area contributed by atoms with Crippen LogP contribution in [0.15, 0.2) is 12.3 Å². The zero-order chi connectivity index (χ0) is 30.0. The van der Waals surface area contributed by atoms with Crippen LogP contribution in [0.2, 0.25) is 0 Å². The molecule has 1 aromatic rings. The van der Waals surface area contributed by atoms with Crippen LogP contribution in [0.25, 0.3) is 0 Å². The third-order valence-electron chi connectivity index (χ3n) is 7.44. The highest BCUT2D eigenvalue weighted by molar-refractivity contribution is 5.98. The van der Waals surface area contributed by atoms with Crippen molar-refractivity contribution in [3.63, 3.8) is 0 Å². The van der Waals surface area contributed by atoms with Gasteiger partial charge in [-0.2, -0.15) is 0 Å². The molecule has 2 atom stereocenters. The molecule has 0 bridgehead atoms. The van der Waals surface area contributed by atoms with E-state index in [-0.39, 0.29) is 48.9 Å². The van der Waals surface area contributed by atoms with Crippen molar-refractivity contribution in [1.29, 1.82) is 0 Å². The van der Waals surface area contributed by atoms with Crippen molar-refractivity contribution in [2.24, 2.45) is 11.8 Å². The van der Waals surface area contributed by atoms with Crippen LogP contribution in [-0.2, 0) is 19.7 Å². The molecule has 224 valence electrons. The average Bonchev–Trinajstić information content (AvgIpc) is 2.81. The first-order valence-corrected chi connectivity index (χ1v) is 14.3. The first-order chi connectivity index (χ1) is 18.5. The molecular formula is C30H48N4O6. The third kappa shape index (κ3) is 8.08. The van der Waals surface area contributed by atoms with Crippen molar-refractivity contribution in [2.75, 3.05) is 32.1 Å². The number of rotatable bonds is 8. The molecule has 3 rings (SSSR count). The lowest BCUT2D eigenvalue weighted by Crippen LogP contribution is -2.57. The monoisotopic (exact) mass is 560 g/mol. The summed E-state index contributed by atoms with van der Waals surface area (Å²) >= 11 is 0. The van der Waals surface area contributed by atoms with Crippen molar-refractivity contribution in [3.05, 3.63) is 23.5 Å². The van der Waals surface area contributed by atoms with Gasteiger partial charge in [-0.3, -0.25) is 9.59 Å². The van der Waals surface area contributed by atoms with E-state index in [0.29, 0.717) is 17.9 Å². The summed E-state index contributed by atoms with van der Waals surface area (Å²) < 4.78 is 11.0. The smallest absolute Gasteiger partial charge is 0.410 e. The number of methoxy groups -OCH3 is 1. The van der Waals surface area contributed by atoms with Crippen LogP contribution in [0.4, 0.5) is 10.5 Å². The SMILES string of the molecule is COC1CC(Nc2cc(C(C)(C)C)cnc2C(=O)N(CC(C)C)C2CC(C(=O)O)CN(C(=O)OC(C)(C)C)C2)C1. The number of hydrogen-bond acceptors (Lipinski definition) is 7. The summed E-state index contributed by atoms with van der Waals surface area (Å²) in [5, 5.41) is 13.4. The second kappa shape index (κ2) is 12.3. The van der Waals surface area contributed by atoms with Crippen LogP contribution in [0.1, 0.15) is 90.7 Å². The Balaban J connectivity index is 1.97. The Morgan fingerprint density at radius 1 is 1.12 bits per heavy atom. The maximum Gasteiger partial charge on any atom is 0.410 e. The fourth-order valence-corrected chi connectivity index (χ4v) is 5.13. The highest BCUT2D eigenvalue weighted by atomic mass is 16.6. The molecule has 2 amide bonds. The van der Waals surface area contributed by atoms with E-state index in [2.05, 4.69) is 31.1 Å². The van der Waals surface area contributed by atoms with E-state index < -0.39 is 29.6 Å². The highest BCUT2D eigenvalue weighted by Crippen LogP contribution is 2.32. The Bertz CT molecular complexity index is 1070. The standard InChI is InChI=1S/C30H48N4O6/c1-18(2)15-34(22-10-19(27(36)37)16-33(17-22)28(38)40-30(6,7)8)26(35)25-24(32-21-12-23(13-21)39-9)11-20(14-31-25)29(3,4)5/h11,14,18-19,21-23,32H,10,12-13,15-17H2,1-9H3,(H,36,37). The molecule has 10 nitrogen and oxygen atoms in total. The van der Waals surface area contributed by atoms with E-state index in [0.717, 1.165) is 18.4 Å². The molecule has 0 spiro atoms. The summed E-state index contributed by atoms with van der Waals surface area (Å²) in [6.45, 7) is 16.3. The molecule has 1 aromatic heterocycles. The molecule has 2 heterocycles. The molecule has 0 radical (unpaired) electrons. The van der Waals surface area contributed by atoms with Crippen LogP contribution in [0.3, 0.4) is 0 Å². The van der Waals surface area contributed by atoms with Gasteiger partial charge >= 0.3 is 12.1 Å². The summed E-state index contributed by atoms with van der Waals surface area (Å²) in [4.78, 5) is 47.2. The predicted molar refractivity (Wildman–Crippen MR) is 154 cm³/mol. The van der Waals surface area contributed by atoms with E-state index in [1.807, 2.05) is 19.9 Å². The normalized spacial score (nSPS) is 23.4. The van der Waals surface area contributed by atoms with Crippen molar-refractivity contribution >= 4 is 23.7 Å². The minimum atomic E-state index is -0.997. The molecule has 2 fully saturated rings. The highest BCUT2D eigenvalue weighted by Gasteiger charge is 2.41. The number of anilines is 1. The summed E-state index contributed by atoms with van der Waals surface area (Å²) in [6.07, 6.45) is 3.29. The number of carboxylic acids is 1. The number of nitrogens with one attached hydrogen (secondary N) is 1.